The quantitative estimate of drug-likeness (QED) is 0.912. The van der Waals surface area contributed by atoms with Gasteiger partial charge in [0.05, 0.1) is 10.8 Å². The van der Waals surface area contributed by atoms with E-state index in [4.69, 9.17) is 0 Å². The van der Waals surface area contributed by atoms with Crippen LogP contribution in [0.5, 0.6) is 0 Å². The first-order valence-corrected chi connectivity index (χ1v) is 8.97. The molecule has 22 heavy (non-hydrogen) atoms. The Labute approximate surface area is 129 Å². The van der Waals surface area contributed by atoms with Crippen LogP contribution in [0.1, 0.15) is 25.7 Å². The second kappa shape index (κ2) is 5.96. The Morgan fingerprint density at radius 1 is 1.18 bits per heavy atom. The summed E-state index contributed by atoms with van der Waals surface area (Å²) in [4.78, 5) is 12.2. The lowest BCUT2D eigenvalue weighted by atomic mass is 9.99. The zero-order valence-electron chi connectivity index (χ0n) is 12.2. The van der Waals surface area contributed by atoms with Gasteiger partial charge in [0.25, 0.3) is 0 Å². The average Bonchev–Trinajstić information content (AvgIpc) is 3.32. The Hall–Kier alpha value is -1.47. The molecule has 1 aliphatic carbocycles. The van der Waals surface area contributed by atoms with Crippen molar-refractivity contribution in [2.45, 2.75) is 36.6 Å². The first-order chi connectivity index (χ1) is 10.5. The average molecular weight is 326 g/mol. The molecular weight excluding hydrogens is 307 g/mol. The van der Waals surface area contributed by atoms with E-state index in [1.54, 1.807) is 0 Å². The Morgan fingerprint density at radius 2 is 1.86 bits per heavy atom. The topological polar surface area (TPSA) is 66.5 Å². The van der Waals surface area contributed by atoms with Crippen LogP contribution in [0.25, 0.3) is 0 Å². The minimum absolute atomic E-state index is 0.0542. The summed E-state index contributed by atoms with van der Waals surface area (Å²) in [5.74, 6) is -0.828. The number of hydrogen-bond donors (Lipinski definition) is 1. The van der Waals surface area contributed by atoms with Crippen molar-refractivity contribution >= 4 is 15.9 Å². The van der Waals surface area contributed by atoms with Crippen molar-refractivity contribution in [3.63, 3.8) is 0 Å². The molecule has 2 fully saturated rings. The van der Waals surface area contributed by atoms with E-state index in [2.05, 4.69) is 5.32 Å². The fourth-order valence-electron chi connectivity index (χ4n) is 2.68. The van der Waals surface area contributed by atoms with Gasteiger partial charge in [-0.1, -0.05) is 0 Å². The van der Waals surface area contributed by atoms with Crippen LogP contribution < -0.4 is 5.32 Å². The summed E-state index contributed by atoms with van der Waals surface area (Å²) in [6.45, 7) is 0.588. The third-order valence-electron chi connectivity index (χ3n) is 4.13. The zero-order valence-corrected chi connectivity index (χ0v) is 13.0. The number of rotatable bonds is 4. The first kappa shape index (κ1) is 15.4. The number of amides is 1. The lowest BCUT2D eigenvalue weighted by Gasteiger charge is -2.31. The molecule has 1 aliphatic heterocycles. The van der Waals surface area contributed by atoms with Gasteiger partial charge in [0.2, 0.25) is 15.9 Å². The number of piperidine rings is 1. The molecule has 3 rings (SSSR count). The van der Waals surface area contributed by atoms with Crippen molar-refractivity contribution in [3.8, 4) is 0 Å². The third kappa shape index (κ3) is 3.30. The molecule has 0 bridgehead atoms. The predicted octanol–water partition coefficient (Wildman–Crippen LogP) is 1.50. The van der Waals surface area contributed by atoms with Crippen LogP contribution in [0.2, 0.25) is 0 Å². The highest BCUT2D eigenvalue weighted by Gasteiger charge is 2.35. The summed E-state index contributed by atoms with van der Waals surface area (Å²) in [5, 5.41) is 2.93. The smallest absolute Gasteiger partial charge is 0.243 e. The molecule has 1 aromatic rings. The van der Waals surface area contributed by atoms with Crippen molar-refractivity contribution < 1.29 is 17.6 Å². The van der Waals surface area contributed by atoms with Gasteiger partial charge in [-0.25, -0.2) is 12.8 Å². The van der Waals surface area contributed by atoms with Crippen LogP contribution in [0, 0.1) is 11.7 Å². The van der Waals surface area contributed by atoms with Gasteiger partial charge in [0.1, 0.15) is 5.82 Å². The van der Waals surface area contributed by atoms with Gasteiger partial charge < -0.3 is 5.32 Å². The molecule has 0 unspecified atom stereocenters. The van der Waals surface area contributed by atoms with Gasteiger partial charge in [-0.2, -0.15) is 4.31 Å². The summed E-state index contributed by atoms with van der Waals surface area (Å²) in [6.07, 6.45) is 3.38. The van der Waals surface area contributed by atoms with Crippen LogP contribution in [-0.4, -0.2) is 37.8 Å². The Kier molecular flexibility index (Phi) is 4.18. The number of nitrogens with one attached hydrogen (secondary N) is 1. The van der Waals surface area contributed by atoms with Gasteiger partial charge in [0, 0.05) is 19.1 Å². The van der Waals surface area contributed by atoms with Crippen LogP contribution in [0.15, 0.2) is 29.2 Å². The number of benzene rings is 1. The number of carbonyl (C=O) groups excluding carboxylic acids is 1. The molecule has 7 heteroatoms. The van der Waals surface area contributed by atoms with Crippen molar-refractivity contribution in [1.82, 2.24) is 9.62 Å². The summed E-state index contributed by atoms with van der Waals surface area (Å²) < 4.78 is 39.4. The summed E-state index contributed by atoms with van der Waals surface area (Å²) in [6, 6.07) is 5.07. The van der Waals surface area contributed by atoms with Crippen molar-refractivity contribution in [2.75, 3.05) is 13.1 Å². The molecule has 1 amide bonds. The van der Waals surface area contributed by atoms with Crippen molar-refractivity contribution in [1.29, 1.82) is 0 Å². The first-order valence-electron chi connectivity index (χ1n) is 7.53. The molecule has 0 radical (unpaired) electrons. The number of halogens is 1. The summed E-state index contributed by atoms with van der Waals surface area (Å²) in [7, 11) is -3.67. The Balaban J connectivity index is 1.72. The highest BCUT2D eigenvalue weighted by atomic mass is 32.2. The maximum absolute atomic E-state index is 13.0. The number of sulfonamides is 1. The molecule has 1 aromatic carbocycles. The highest BCUT2D eigenvalue weighted by molar-refractivity contribution is 7.89. The SMILES string of the molecule is O=C(NC1CC1)[C@@H]1CCCN(S(=O)(=O)c2ccc(F)cc2)C1. The Morgan fingerprint density at radius 3 is 2.50 bits per heavy atom. The fraction of sp³-hybridized carbons (Fsp3) is 0.533. The number of nitrogens with zero attached hydrogens (tertiary/aromatic N) is 1. The van der Waals surface area contributed by atoms with E-state index in [-0.39, 0.29) is 29.3 Å². The van der Waals surface area contributed by atoms with Gasteiger partial charge in [-0.15, -0.1) is 0 Å². The Bertz CT molecular complexity index is 656. The molecule has 120 valence electrons. The van der Waals surface area contributed by atoms with Crippen LogP contribution in [-0.2, 0) is 14.8 Å². The van der Waals surface area contributed by atoms with E-state index in [9.17, 15) is 17.6 Å². The molecule has 1 saturated carbocycles. The molecule has 0 spiro atoms. The van der Waals surface area contributed by atoms with Gasteiger partial charge in [0.15, 0.2) is 0 Å². The van der Waals surface area contributed by atoms with Crippen LogP contribution in [0.3, 0.4) is 0 Å². The highest BCUT2D eigenvalue weighted by Crippen LogP contribution is 2.25. The number of carbonyl (C=O) groups is 1. The molecule has 1 saturated heterocycles. The molecular formula is C15H19FN2O3S. The standard InChI is InChI=1S/C15H19FN2O3S/c16-12-3-7-14(8-4-12)22(20,21)18-9-1-2-11(10-18)15(19)17-13-5-6-13/h3-4,7-8,11,13H,1-2,5-6,9-10H2,(H,17,19)/t11-/m1/s1. The monoisotopic (exact) mass is 326 g/mol. The number of hydrogen-bond acceptors (Lipinski definition) is 3. The molecule has 2 aliphatic rings. The fourth-order valence-corrected chi connectivity index (χ4v) is 4.20. The maximum Gasteiger partial charge on any atom is 0.243 e. The van der Waals surface area contributed by atoms with E-state index in [1.165, 1.54) is 16.4 Å². The second-order valence-corrected chi connectivity index (χ2v) is 7.88. The predicted molar refractivity (Wildman–Crippen MR) is 79.0 cm³/mol. The largest absolute Gasteiger partial charge is 0.353 e. The molecule has 1 atom stereocenters. The van der Waals surface area contributed by atoms with Gasteiger partial charge in [-0.3, -0.25) is 4.79 Å². The molecule has 0 aromatic heterocycles. The van der Waals surface area contributed by atoms with E-state index >= 15 is 0 Å². The van der Waals surface area contributed by atoms with Gasteiger partial charge >= 0.3 is 0 Å². The van der Waals surface area contributed by atoms with E-state index in [1.807, 2.05) is 0 Å². The minimum atomic E-state index is -3.67. The minimum Gasteiger partial charge on any atom is -0.353 e. The third-order valence-corrected chi connectivity index (χ3v) is 6.01. The summed E-state index contributed by atoms with van der Waals surface area (Å²) in [5.41, 5.74) is 0. The van der Waals surface area contributed by atoms with E-state index in [0.29, 0.717) is 19.4 Å². The van der Waals surface area contributed by atoms with E-state index < -0.39 is 15.8 Å². The van der Waals surface area contributed by atoms with Crippen molar-refractivity contribution in [3.05, 3.63) is 30.1 Å². The summed E-state index contributed by atoms with van der Waals surface area (Å²) >= 11 is 0. The van der Waals surface area contributed by atoms with Crippen LogP contribution >= 0.6 is 0 Å². The molecule has 1 heterocycles. The zero-order chi connectivity index (χ0) is 15.7. The van der Waals surface area contributed by atoms with Gasteiger partial charge in [-0.05, 0) is 49.9 Å². The lowest BCUT2D eigenvalue weighted by molar-refractivity contribution is -0.126. The van der Waals surface area contributed by atoms with Crippen LogP contribution in [0.4, 0.5) is 4.39 Å². The molecule has 5 nitrogen and oxygen atoms in total. The molecule has 1 N–H and O–H groups in total. The lowest BCUT2D eigenvalue weighted by Crippen LogP contribution is -2.45. The second-order valence-electron chi connectivity index (χ2n) is 5.94. The maximum atomic E-state index is 13.0. The van der Waals surface area contributed by atoms with Crippen molar-refractivity contribution in [2.24, 2.45) is 5.92 Å². The van der Waals surface area contributed by atoms with E-state index in [0.717, 1.165) is 25.0 Å². The normalized spacial score (nSPS) is 23.2.